The second-order valence-corrected chi connectivity index (χ2v) is 6.45. The summed E-state index contributed by atoms with van der Waals surface area (Å²) in [5.74, 6) is -2.42. The Balaban J connectivity index is 4.63. The molecule has 15 heavy (non-hydrogen) atoms. The number of carboxylic acids is 2. The molecule has 0 aliphatic heterocycles. The zero-order valence-electron chi connectivity index (χ0n) is 8.63. The first-order valence-corrected chi connectivity index (χ1v) is 6.47. The topological polar surface area (TPSA) is 112 Å². The zero-order valence-corrected chi connectivity index (χ0v) is 9.53. The summed E-state index contributed by atoms with van der Waals surface area (Å²) in [7, 11) is -3.80. The molecule has 0 rings (SSSR count). The third kappa shape index (κ3) is 3.64. The van der Waals surface area contributed by atoms with Crippen LogP contribution in [0.4, 0.5) is 0 Å². The summed E-state index contributed by atoms with van der Waals surface area (Å²) in [5.41, 5.74) is 0. The predicted molar refractivity (Wildman–Crippen MR) is 53.3 cm³/mol. The number of carboxylic acid groups (broad SMARTS) is 2. The molecule has 0 bridgehead atoms. The van der Waals surface area contributed by atoms with Gasteiger partial charge in [0.15, 0.2) is 0 Å². The van der Waals surface area contributed by atoms with Crippen molar-refractivity contribution < 1.29 is 29.3 Å². The van der Waals surface area contributed by atoms with Gasteiger partial charge < -0.3 is 15.1 Å². The molecule has 0 aromatic rings. The van der Waals surface area contributed by atoms with E-state index >= 15 is 0 Å². The lowest BCUT2D eigenvalue weighted by Gasteiger charge is -2.27. The van der Waals surface area contributed by atoms with E-state index in [9.17, 15) is 19.0 Å². The highest BCUT2D eigenvalue weighted by atomic mass is 31.2. The molecular weight excluding hydrogens is 223 g/mol. The van der Waals surface area contributed by atoms with Crippen molar-refractivity contribution in [3.8, 4) is 0 Å². The number of hydrogen-bond donors (Lipinski definition) is 3. The Morgan fingerprint density at radius 2 is 1.80 bits per heavy atom. The lowest BCUT2D eigenvalue weighted by atomic mass is 10.0. The first-order valence-electron chi connectivity index (χ1n) is 4.37. The average Bonchev–Trinajstić information content (AvgIpc) is 2.00. The Morgan fingerprint density at radius 1 is 1.33 bits per heavy atom. The standard InChI is InChI=1S/C8H15O6P/c1-8(7(11)12,15(2,13)14)5-3-4-6(9)10/h3-5H2,1-2H3,(H,9,10)(H,11,12)(H,13,14). The Labute approximate surface area is 87.4 Å². The molecule has 0 saturated heterocycles. The van der Waals surface area contributed by atoms with Crippen molar-refractivity contribution in [2.75, 3.05) is 6.66 Å². The van der Waals surface area contributed by atoms with Crippen molar-refractivity contribution in [1.29, 1.82) is 0 Å². The lowest BCUT2D eigenvalue weighted by Crippen LogP contribution is -2.34. The van der Waals surface area contributed by atoms with Gasteiger partial charge in [-0.05, 0) is 19.8 Å². The van der Waals surface area contributed by atoms with Crippen LogP contribution in [0.2, 0.25) is 0 Å². The minimum Gasteiger partial charge on any atom is -0.481 e. The molecule has 0 spiro atoms. The van der Waals surface area contributed by atoms with Gasteiger partial charge in [-0.1, -0.05) is 0 Å². The second kappa shape index (κ2) is 4.77. The van der Waals surface area contributed by atoms with Gasteiger partial charge in [0.05, 0.1) is 0 Å². The number of hydrogen-bond acceptors (Lipinski definition) is 3. The van der Waals surface area contributed by atoms with Crippen LogP contribution in [0, 0.1) is 0 Å². The Kier molecular flexibility index (Phi) is 4.49. The number of carbonyl (C=O) groups is 2. The largest absolute Gasteiger partial charge is 0.481 e. The molecule has 0 heterocycles. The van der Waals surface area contributed by atoms with Gasteiger partial charge in [-0.15, -0.1) is 0 Å². The fraction of sp³-hybridized carbons (Fsp3) is 0.750. The van der Waals surface area contributed by atoms with Gasteiger partial charge in [0.2, 0.25) is 7.37 Å². The maximum absolute atomic E-state index is 11.4. The molecule has 7 heteroatoms. The lowest BCUT2D eigenvalue weighted by molar-refractivity contribution is -0.141. The third-order valence-electron chi connectivity index (χ3n) is 2.43. The summed E-state index contributed by atoms with van der Waals surface area (Å²) in [5, 5.41) is 15.5. The fourth-order valence-corrected chi connectivity index (χ4v) is 2.00. The van der Waals surface area contributed by atoms with Crippen molar-refractivity contribution in [3.63, 3.8) is 0 Å². The van der Waals surface area contributed by atoms with Crippen LogP contribution in [0.15, 0.2) is 0 Å². The maximum atomic E-state index is 11.4. The minimum atomic E-state index is -3.80. The van der Waals surface area contributed by atoms with Crippen molar-refractivity contribution in [1.82, 2.24) is 0 Å². The molecule has 0 aromatic carbocycles. The summed E-state index contributed by atoms with van der Waals surface area (Å²) in [6.07, 6.45) is -0.266. The van der Waals surface area contributed by atoms with Crippen molar-refractivity contribution in [2.45, 2.75) is 31.3 Å². The van der Waals surface area contributed by atoms with Gasteiger partial charge in [-0.3, -0.25) is 14.2 Å². The summed E-state index contributed by atoms with van der Waals surface area (Å²) in [6.45, 7) is 2.14. The van der Waals surface area contributed by atoms with Crippen LogP contribution >= 0.6 is 7.37 Å². The first-order chi connectivity index (χ1) is 6.61. The molecule has 6 nitrogen and oxygen atoms in total. The summed E-state index contributed by atoms with van der Waals surface area (Å²) >= 11 is 0. The molecule has 3 N–H and O–H groups in total. The average molecular weight is 238 g/mol. The van der Waals surface area contributed by atoms with E-state index in [-0.39, 0.29) is 19.3 Å². The fourth-order valence-electron chi connectivity index (χ4n) is 1.08. The van der Waals surface area contributed by atoms with E-state index < -0.39 is 24.5 Å². The van der Waals surface area contributed by atoms with Crippen LogP contribution in [0.1, 0.15) is 26.2 Å². The van der Waals surface area contributed by atoms with Crippen LogP contribution in [-0.4, -0.2) is 38.9 Å². The van der Waals surface area contributed by atoms with Crippen molar-refractivity contribution >= 4 is 19.3 Å². The van der Waals surface area contributed by atoms with Crippen molar-refractivity contribution in [2.24, 2.45) is 0 Å². The van der Waals surface area contributed by atoms with Crippen molar-refractivity contribution in [3.05, 3.63) is 0 Å². The van der Waals surface area contributed by atoms with Crippen LogP contribution < -0.4 is 0 Å². The van der Waals surface area contributed by atoms with Gasteiger partial charge in [-0.25, -0.2) is 0 Å². The van der Waals surface area contributed by atoms with Gasteiger partial charge in [0, 0.05) is 13.1 Å². The number of rotatable bonds is 6. The van der Waals surface area contributed by atoms with Crippen LogP contribution in [0.3, 0.4) is 0 Å². The van der Waals surface area contributed by atoms with E-state index in [1.54, 1.807) is 0 Å². The highest BCUT2D eigenvalue weighted by molar-refractivity contribution is 7.60. The molecule has 0 saturated carbocycles. The minimum absolute atomic E-state index is 0.0660. The van der Waals surface area contributed by atoms with Gasteiger partial charge in [0.1, 0.15) is 5.16 Å². The van der Waals surface area contributed by atoms with E-state index in [0.717, 1.165) is 13.6 Å². The van der Waals surface area contributed by atoms with Gasteiger partial charge >= 0.3 is 11.9 Å². The highest BCUT2D eigenvalue weighted by Gasteiger charge is 2.46. The molecule has 0 radical (unpaired) electrons. The highest BCUT2D eigenvalue weighted by Crippen LogP contribution is 2.53. The van der Waals surface area contributed by atoms with E-state index in [1.807, 2.05) is 0 Å². The smallest absolute Gasteiger partial charge is 0.319 e. The summed E-state index contributed by atoms with van der Waals surface area (Å²) < 4.78 is 11.4. The molecule has 2 unspecified atom stereocenters. The quantitative estimate of drug-likeness (QED) is 0.595. The third-order valence-corrected chi connectivity index (χ3v) is 4.68. The first kappa shape index (κ1) is 14.1. The molecule has 0 aliphatic carbocycles. The van der Waals surface area contributed by atoms with Crippen LogP contribution in [-0.2, 0) is 14.2 Å². The monoisotopic (exact) mass is 238 g/mol. The Bertz CT molecular complexity index is 306. The summed E-state index contributed by atoms with van der Waals surface area (Å²) in [4.78, 5) is 30.4. The second-order valence-electron chi connectivity index (χ2n) is 3.71. The molecule has 0 amide bonds. The molecule has 0 aromatic heterocycles. The maximum Gasteiger partial charge on any atom is 0.319 e. The van der Waals surface area contributed by atoms with E-state index in [1.165, 1.54) is 0 Å². The molecule has 88 valence electrons. The normalized spacial score (nSPS) is 18.9. The summed E-state index contributed by atoms with van der Waals surface area (Å²) in [6, 6.07) is 0. The van der Waals surface area contributed by atoms with Crippen LogP contribution in [0.25, 0.3) is 0 Å². The molecular formula is C8H15O6P. The van der Waals surface area contributed by atoms with E-state index in [4.69, 9.17) is 10.2 Å². The molecule has 0 aliphatic rings. The van der Waals surface area contributed by atoms with E-state index in [2.05, 4.69) is 0 Å². The predicted octanol–water partition coefficient (Wildman–Crippen LogP) is 0.985. The Morgan fingerprint density at radius 3 is 2.07 bits per heavy atom. The SMILES string of the molecule is CC(CCCC(=O)O)(C(=O)O)P(C)(=O)O. The zero-order chi connectivity index (χ0) is 12.3. The van der Waals surface area contributed by atoms with Gasteiger partial charge in [-0.2, -0.15) is 0 Å². The molecule has 0 fully saturated rings. The van der Waals surface area contributed by atoms with Crippen LogP contribution in [0.5, 0.6) is 0 Å². The molecule has 2 atom stereocenters. The van der Waals surface area contributed by atoms with E-state index in [0.29, 0.717) is 0 Å². The Hall–Kier alpha value is -0.870. The number of aliphatic carboxylic acids is 2. The van der Waals surface area contributed by atoms with Gasteiger partial charge in [0.25, 0.3) is 0 Å².